The van der Waals surface area contributed by atoms with Crippen molar-refractivity contribution in [1.29, 1.82) is 0 Å². The first kappa shape index (κ1) is 9.92. The summed E-state index contributed by atoms with van der Waals surface area (Å²) in [5.74, 6) is 0.0959. The molecule has 1 amide bonds. The number of amides is 1. The molecule has 5 nitrogen and oxygen atoms in total. The SMILES string of the molecule is NCC1(C(=O)NC2CS(=O)(=O)C2)CC1. The lowest BCUT2D eigenvalue weighted by molar-refractivity contribution is -0.126. The highest BCUT2D eigenvalue weighted by molar-refractivity contribution is 7.92. The van der Waals surface area contributed by atoms with E-state index in [0.29, 0.717) is 6.54 Å². The molecule has 1 saturated carbocycles. The van der Waals surface area contributed by atoms with Gasteiger partial charge in [-0.25, -0.2) is 8.42 Å². The first-order valence-electron chi connectivity index (χ1n) is 4.69. The average Bonchev–Trinajstić information content (AvgIpc) is 2.80. The third-order valence-electron chi connectivity index (χ3n) is 2.97. The Labute approximate surface area is 83.0 Å². The van der Waals surface area contributed by atoms with Gasteiger partial charge in [-0.15, -0.1) is 0 Å². The van der Waals surface area contributed by atoms with Gasteiger partial charge in [-0.3, -0.25) is 4.79 Å². The van der Waals surface area contributed by atoms with Gasteiger partial charge < -0.3 is 11.1 Å². The molecule has 0 aromatic carbocycles. The Balaban J connectivity index is 1.85. The molecular weight excluding hydrogens is 204 g/mol. The summed E-state index contributed by atoms with van der Waals surface area (Å²) in [6, 6.07) is -0.184. The van der Waals surface area contributed by atoms with Crippen molar-refractivity contribution in [1.82, 2.24) is 5.32 Å². The normalized spacial score (nSPS) is 27.8. The number of hydrogen-bond donors (Lipinski definition) is 2. The Morgan fingerprint density at radius 1 is 1.43 bits per heavy atom. The van der Waals surface area contributed by atoms with Crippen LogP contribution in [0.25, 0.3) is 0 Å². The standard InChI is InChI=1S/C8H14N2O3S/c9-5-8(1-2-8)7(11)10-6-3-14(12,13)4-6/h6H,1-5,9H2,(H,10,11). The summed E-state index contributed by atoms with van der Waals surface area (Å²) in [6.45, 7) is 0.359. The van der Waals surface area contributed by atoms with Gasteiger partial charge >= 0.3 is 0 Å². The smallest absolute Gasteiger partial charge is 0.227 e. The van der Waals surface area contributed by atoms with Crippen LogP contribution in [0.5, 0.6) is 0 Å². The van der Waals surface area contributed by atoms with E-state index in [-0.39, 0.29) is 28.9 Å². The minimum atomic E-state index is -2.85. The van der Waals surface area contributed by atoms with Gasteiger partial charge in [0.25, 0.3) is 0 Å². The van der Waals surface area contributed by atoms with Crippen LogP contribution in [-0.4, -0.2) is 38.4 Å². The molecule has 0 spiro atoms. The second-order valence-corrected chi connectivity index (χ2v) is 6.39. The second-order valence-electron chi connectivity index (χ2n) is 4.23. The number of nitrogens with two attached hydrogens (primary N) is 1. The average molecular weight is 218 g/mol. The fourth-order valence-corrected chi connectivity index (χ4v) is 2.96. The predicted octanol–water partition coefficient (Wildman–Crippen LogP) is -1.36. The monoisotopic (exact) mass is 218 g/mol. The molecule has 14 heavy (non-hydrogen) atoms. The molecule has 0 unspecified atom stereocenters. The quantitative estimate of drug-likeness (QED) is 0.612. The van der Waals surface area contributed by atoms with Gasteiger partial charge in [-0.1, -0.05) is 0 Å². The number of carbonyl (C=O) groups is 1. The highest BCUT2D eigenvalue weighted by Gasteiger charge is 2.50. The molecule has 0 bridgehead atoms. The fourth-order valence-electron chi connectivity index (χ4n) is 1.66. The van der Waals surface area contributed by atoms with E-state index in [1.165, 1.54) is 0 Å². The minimum Gasteiger partial charge on any atom is -0.351 e. The summed E-state index contributed by atoms with van der Waals surface area (Å²) < 4.78 is 21.7. The zero-order chi connectivity index (χ0) is 10.4. The molecule has 1 saturated heterocycles. The largest absolute Gasteiger partial charge is 0.351 e. The maximum absolute atomic E-state index is 11.6. The number of nitrogens with one attached hydrogen (secondary N) is 1. The lowest BCUT2D eigenvalue weighted by Gasteiger charge is -2.28. The predicted molar refractivity (Wildman–Crippen MR) is 51.3 cm³/mol. The van der Waals surface area contributed by atoms with Crippen molar-refractivity contribution in [3.8, 4) is 0 Å². The summed E-state index contributed by atoms with van der Waals surface area (Å²) in [4.78, 5) is 11.6. The Bertz CT molecular complexity index is 347. The topological polar surface area (TPSA) is 89.3 Å². The molecular formula is C8H14N2O3S. The van der Waals surface area contributed by atoms with Gasteiger partial charge in [0, 0.05) is 6.54 Å². The van der Waals surface area contributed by atoms with Gasteiger partial charge in [0.2, 0.25) is 5.91 Å². The molecule has 2 rings (SSSR count). The van der Waals surface area contributed by atoms with Crippen LogP contribution in [-0.2, 0) is 14.6 Å². The molecule has 1 aliphatic heterocycles. The summed E-state index contributed by atoms with van der Waals surface area (Å²) in [5, 5.41) is 2.73. The minimum absolute atomic E-state index is 0.0695. The van der Waals surface area contributed by atoms with Crippen molar-refractivity contribution in [2.45, 2.75) is 18.9 Å². The van der Waals surface area contributed by atoms with Crippen molar-refractivity contribution in [2.24, 2.45) is 11.1 Å². The molecule has 1 heterocycles. The fraction of sp³-hybridized carbons (Fsp3) is 0.875. The highest BCUT2D eigenvalue weighted by atomic mass is 32.2. The molecule has 6 heteroatoms. The van der Waals surface area contributed by atoms with E-state index in [9.17, 15) is 13.2 Å². The summed E-state index contributed by atoms with van der Waals surface area (Å²) in [7, 11) is -2.85. The zero-order valence-electron chi connectivity index (χ0n) is 7.82. The lowest BCUT2D eigenvalue weighted by atomic mass is 10.1. The highest BCUT2D eigenvalue weighted by Crippen LogP contribution is 2.44. The third kappa shape index (κ3) is 1.64. The van der Waals surface area contributed by atoms with E-state index < -0.39 is 9.84 Å². The Morgan fingerprint density at radius 3 is 2.36 bits per heavy atom. The van der Waals surface area contributed by atoms with Gasteiger partial charge in [-0.2, -0.15) is 0 Å². The molecule has 1 aliphatic carbocycles. The van der Waals surface area contributed by atoms with E-state index in [2.05, 4.69) is 5.32 Å². The van der Waals surface area contributed by atoms with Crippen LogP contribution in [0.1, 0.15) is 12.8 Å². The van der Waals surface area contributed by atoms with Gasteiger partial charge in [0.05, 0.1) is 23.0 Å². The molecule has 80 valence electrons. The van der Waals surface area contributed by atoms with Crippen molar-refractivity contribution in [3.05, 3.63) is 0 Å². The Morgan fingerprint density at radius 2 is 2.00 bits per heavy atom. The number of sulfone groups is 1. The molecule has 2 fully saturated rings. The lowest BCUT2D eigenvalue weighted by Crippen LogP contribution is -2.55. The van der Waals surface area contributed by atoms with E-state index in [1.54, 1.807) is 0 Å². The van der Waals surface area contributed by atoms with Crippen molar-refractivity contribution in [2.75, 3.05) is 18.1 Å². The molecule has 0 atom stereocenters. The first-order valence-corrected chi connectivity index (χ1v) is 6.51. The van der Waals surface area contributed by atoms with Crippen LogP contribution >= 0.6 is 0 Å². The van der Waals surface area contributed by atoms with Gasteiger partial charge in [0.1, 0.15) is 0 Å². The van der Waals surface area contributed by atoms with Crippen LogP contribution in [0.15, 0.2) is 0 Å². The van der Waals surface area contributed by atoms with Crippen LogP contribution in [0.2, 0.25) is 0 Å². The number of rotatable bonds is 3. The summed E-state index contributed by atoms with van der Waals surface area (Å²) in [5.41, 5.74) is 5.10. The Hall–Kier alpha value is -0.620. The van der Waals surface area contributed by atoms with Crippen molar-refractivity contribution >= 4 is 15.7 Å². The van der Waals surface area contributed by atoms with Gasteiger partial charge in [0.15, 0.2) is 9.84 Å². The van der Waals surface area contributed by atoms with Crippen molar-refractivity contribution < 1.29 is 13.2 Å². The van der Waals surface area contributed by atoms with E-state index >= 15 is 0 Å². The molecule has 0 aromatic heterocycles. The maximum atomic E-state index is 11.6. The second kappa shape index (κ2) is 2.93. The van der Waals surface area contributed by atoms with Crippen molar-refractivity contribution in [3.63, 3.8) is 0 Å². The summed E-state index contributed by atoms with van der Waals surface area (Å²) in [6.07, 6.45) is 1.66. The third-order valence-corrected chi connectivity index (χ3v) is 4.79. The molecule has 0 radical (unpaired) electrons. The van der Waals surface area contributed by atoms with Gasteiger partial charge in [-0.05, 0) is 12.8 Å². The molecule has 3 N–H and O–H groups in total. The van der Waals surface area contributed by atoms with Crippen LogP contribution in [0, 0.1) is 5.41 Å². The van der Waals surface area contributed by atoms with E-state index in [1.807, 2.05) is 0 Å². The summed E-state index contributed by atoms with van der Waals surface area (Å²) >= 11 is 0. The molecule has 2 aliphatic rings. The van der Waals surface area contributed by atoms with Crippen LogP contribution < -0.4 is 11.1 Å². The number of hydrogen-bond acceptors (Lipinski definition) is 4. The van der Waals surface area contributed by atoms with Crippen LogP contribution in [0.4, 0.5) is 0 Å². The van der Waals surface area contributed by atoms with E-state index in [0.717, 1.165) is 12.8 Å². The van der Waals surface area contributed by atoms with E-state index in [4.69, 9.17) is 5.73 Å². The first-order chi connectivity index (χ1) is 6.47. The zero-order valence-corrected chi connectivity index (χ0v) is 8.64. The maximum Gasteiger partial charge on any atom is 0.227 e. The molecule has 0 aromatic rings. The number of carbonyl (C=O) groups excluding carboxylic acids is 1. The van der Waals surface area contributed by atoms with Crippen LogP contribution in [0.3, 0.4) is 0 Å². The Kier molecular flexibility index (Phi) is 2.08.